The lowest BCUT2D eigenvalue weighted by atomic mass is 10.1. The van der Waals surface area contributed by atoms with Crippen LogP contribution in [0.15, 0.2) is 76.3 Å². The molecule has 3 rings (SSSR count). The van der Waals surface area contributed by atoms with Gasteiger partial charge in [-0.25, -0.2) is 9.79 Å². The van der Waals surface area contributed by atoms with E-state index in [0.717, 1.165) is 11.3 Å². The number of aliphatic hydroxyl groups is 1. The molecule has 0 radical (unpaired) electrons. The molecule has 2 aromatic rings. The fraction of sp³-hybridized carbons (Fsp3) is 0.259. The first-order chi connectivity index (χ1) is 17.0. The highest BCUT2D eigenvalue weighted by atomic mass is 32.2. The molecule has 7 nitrogen and oxygen atoms in total. The number of carbonyl (C=O) groups is 1. The summed E-state index contributed by atoms with van der Waals surface area (Å²) in [4.78, 5) is 17.7. The predicted octanol–water partition coefficient (Wildman–Crippen LogP) is 6.24. The van der Waals surface area contributed by atoms with E-state index in [0.29, 0.717) is 47.0 Å². The van der Waals surface area contributed by atoms with Crippen molar-refractivity contribution in [1.82, 2.24) is 0 Å². The normalized spacial score (nSPS) is 15.4. The molecule has 0 spiro atoms. The number of hydrogen-bond donors (Lipinski definition) is 1. The van der Waals surface area contributed by atoms with E-state index in [1.54, 1.807) is 49.4 Å². The Balaban J connectivity index is 1.97. The average molecular weight is 496 g/mol. The molecule has 2 aromatic carbocycles. The van der Waals surface area contributed by atoms with Crippen LogP contribution in [0.4, 0.5) is 5.69 Å². The maximum Gasteiger partial charge on any atom is 0.344 e. The number of benzene rings is 2. The van der Waals surface area contributed by atoms with Crippen LogP contribution in [0.3, 0.4) is 0 Å². The Morgan fingerprint density at radius 1 is 1.00 bits per heavy atom. The zero-order valence-corrected chi connectivity index (χ0v) is 20.9. The van der Waals surface area contributed by atoms with Gasteiger partial charge in [-0.2, -0.15) is 0 Å². The van der Waals surface area contributed by atoms with Crippen molar-refractivity contribution in [2.24, 2.45) is 4.99 Å². The van der Waals surface area contributed by atoms with Crippen molar-refractivity contribution in [3.8, 4) is 17.2 Å². The average Bonchev–Trinajstić information content (AvgIpc) is 3.14. The monoisotopic (exact) mass is 495 g/mol. The minimum absolute atomic E-state index is 0.0351. The van der Waals surface area contributed by atoms with Gasteiger partial charge in [0.1, 0.15) is 28.7 Å². The van der Waals surface area contributed by atoms with Crippen molar-refractivity contribution in [1.29, 1.82) is 0 Å². The van der Waals surface area contributed by atoms with Crippen LogP contribution in [0.1, 0.15) is 26.3 Å². The van der Waals surface area contributed by atoms with Gasteiger partial charge in [0.25, 0.3) is 0 Å². The molecule has 184 valence electrons. The Morgan fingerprint density at radius 2 is 1.74 bits per heavy atom. The van der Waals surface area contributed by atoms with Gasteiger partial charge in [-0.3, -0.25) is 0 Å². The van der Waals surface area contributed by atoms with Crippen LogP contribution in [0, 0.1) is 0 Å². The Labute approximate surface area is 209 Å². The number of rotatable bonds is 11. The lowest BCUT2D eigenvalue weighted by Gasteiger charge is -2.11. The number of hydrogen-bond acceptors (Lipinski definition) is 8. The van der Waals surface area contributed by atoms with E-state index in [9.17, 15) is 9.90 Å². The van der Waals surface area contributed by atoms with Crippen LogP contribution < -0.4 is 14.2 Å². The fourth-order valence-corrected chi connectivity index (χ4v) is 4.23. The van der Waals surface area contributed by atoms with Crippen molar-refractivity contribution in [2.45, 2.75) is 20.8 Å². The van der Waals surface area contributed by atoms with Crippen LogP contribution >= 0.6 is 11.8 Å². The minimum atomic E-state index is -0.631. The Morgan fingerprint density at radius 3 is 2.40 bits per heavy atom. The van der Waals surface area contributed by atoms with E-state index in [2.05, 4.69) is 11.6 Å². The number of aliphatic hydroxyl groups excluding tert-OH is 1. The van der Waals surface area contributed by atoms with Crippen LogP contribution in [0.2, 0.25) is 0 Å². The number of thioether (sulfide) groups is 1. The molecule has 0 amide bonds. The van der Waals surface area contributed by atoms with Gasteiger partial charge in [0, 0.05) is 0 Å². The molecule has 0 fully saturated rings. The second kappa shape index (κ2) is 12.7. The Kier molecular flexibility index (Phi) is 9.43. The maximum atomic E-state index is 12.7. The van der Waals surface area contributed by atoms with Crippen molar-refractivity contribution < 1.29 is 28.8 Å². The molecular weight excluding hydrogens is 466 g/mol. The quantitative estimate of drug-likeness (QED) is 0.292. The molecule has 0 atom stereocenters. The summed E-state index contributed by atoms with van der Waals surface area (Å²) in [6, 6.07) is 12.6. The van der Waals surface area contributed by atoms with Crippen LogP contribution in [-0.2, 0) is 9.53 Å². The number of aliphatic imine (C=N–C) groups is 1. The van der Waals surface area contributed by atoms with E-state index in [1.807, 2.05) is 26.0 Å². The van der Waals surface area contributed by atoms with Crippen LogP contribution in [0.25, 0.3) is 6.08 Å². The van der Waals surface area contributed by atoms with E-state index in [1.165, 1.54) is 11.8 Å². The van der Waals surface area contributed by atoms with Crippen molar-refractivity contribution in [3.05, 3.63) is 76.9 Å². The molecule has 35 heavy (non-hydrogen) atoms. The number of ether oxygens (including phenoxy) is 4. The van der Waals surface area contributed by atoms with Gasteiger partial charge in [-0.15, -0.1) is 0 Å². The smallest absolute Gasteiger partial charge is 0.344 e. The van der Waals surface area contributed by atoms with Gasteiger partial charge in [-0.1, -0.05) is 30.5 Å². The molecule has 0 aliphatic carbocycles. The second-order valence-electron chi connectivity index (χ2n) is 7.14. The van der Waals surface area contributed by atoms with E-state index in [-0.39, 0.29) is 17.9 Å². The third kappa shape index (κ3) is 6.70. The Hall–Kier alpha value is -3.65. The highest BCUT2D eigenvalue weighted by Gasteiger charge is 2.33. The molecule has 1 N–H and O–H groups in total. The molecular formula is C27H29NO6S. The van der Waals surface area contributed by atoms with Crippen molar-refractivity contribution in [2.75, 3.05) is 26.4 Å². The summed E-state index contributed by atoms with van der Waals surface area (Å²) in [6.45, 7) is 10.7. The molecule has 1 aliphatic heterocycles. The zero-order chi connectivity index (χ0) is 25.2. The molecule has 0 aromatic heterocycles. The second-order valence-corrected chi connectivity index (χ2v) is 8.17. The summed E-state index contributed by atoms with van der Waals surface area (Å²) >= 11 is 1.19. The van der Waals surface area contributed by atoms with Crippen LogP contribution in [0.5, 0.6) is 17.2 Å². The van der Waals surface area contributed by atoms with Crippen molar-refractivity contribution in [3.63, 3.8) is 0 Å². The maximum absolute atomic E-state index is 12.7. The topological polar surface area (TPSA) is 86.6 Å². The van der Waals surface area contributed by atoms with Gasteiger partial charge in [0.05, 0.1) is 30.4 Å². The van der Waals surface area contributed by atoms with E-state index < -0.39 is 5.97 Å². The van der Waals surface area contributed by atoms with Crippen LogP contribution in [-0.4, -0.2) is 42.5 Å². The van der Waals surface area contributed by atoms with Crippen molar-refractivity contribution >= 4 is 34.5 Å². The van der Waals surface area contributed by atoms with Gasteiger partial charge in [0.15, 0.2) is 11.5 Å². The highest BCUT2D eigenvalue weighted by Crippen LogP contribution is 2.41. The first kappa shape index (κ1) is 26.0. The fourth-order valence-electron chi connectivity index (χ4n) is 3.19. The van der Waals surface area contributed by atoms with Gasteiger partial charge < -0.3 is 24.1 Å². The zero-order valence-electron chi connectivity index (χ0n) is 20.1. The predicted molar refractivity (Wildman–Crippen MR) is 140 cm³/mol. The molecule has 0 saturated carbocycles. The molecule has 0 unspecified atom stereocenters. The lowest BCUT2D eigenvalue weighted by molar-refractivity contribution is -0.138. The number of esters is 1. The first-order valence-electron chi connectivity index (χ1n) is 11.3. The molecule has 1 aliphatic rings. The van der Waals surface area contributed by atoms with Gasteiger partial charge in [-0.05, 0) is 68.8 Å². The summed E-state index contributed by atoms with van der Waals surface area (Å²) in [5.41, 5.74) is 1.42. The first-order valence-corrected chi connectivity index (χ1v) is 12.1. The number of nitrogens with zero attached hydrogens (tertiary/aromatic N) is 1. The van der Waals surface area contributed by atoms with Gasteiger partial charge in [0.2, 0.25) is 0 Å². The standard InChI is InChI=1S/C27H29NO6S/c1-5-15-34-21-14-9-18(16-22(21)32-7-3)17-23-25(29)24(27(30)33-8-4)26(35-23)28-19-10-12-20(13-11-19)31-6-2/h5,9-14,16-17,29H,1,6-8,15H2,2-4H3/b23-17+,28-26?. The third-order valence-electron chi connectivity index (χ3n) is 4.67. The largest absolute Gasteiger partial charge is 0.506 e. The highest BCUT2D eigenvalue weighted by molar-refractivity contribution is 8.18. The molecule has 8 heteroatoms. The Bertz CT molecular complexity index is 1150. The van der Waals surface area contributed by atoms with Gasteiger partial charge >= 0.3 is 5.97 Å². The SMILES string of the molecule is C=CCOc1ccc(/C=C2/SC(=Nc3ccc(OCC)cc3)C(C(=O)OCC)=C2O)cc1OCC. The molecule has 0 saturated heterocycles. The summed E-state index contributed by atoms with van der Waals surface area (Å²) in [6.07, 6.45) is 3.42. The summed E-state index contributed by atoms with van der Waals surface area (Å²) in [5.74, 6) is 1.09. The lowest BCUT2D eigenvalue weighted by Crippen LogP contribution is -2.12. The van der Waals surface area contributed by atoms with E-state index >= 15 is 0 Å². The molecule has 0 bridgehead atoms. The number of carbonyl (C=O) groups excluding carboxylic acids is 1. The summed E-state index contributed by atoms with van der Waals surface area (Å²) in [5, 5.41) is 11.3. The molecule has 1 heterocycles. The summed E-state index contributed by atoms with van der Waals surface area (Å²) in [7, 11) is 0. The van der Waals surface area contributed by atoms with E-state index in [4.69, 9.17) is 18.9 Å². The summed E-state index contributed by atoms with van der Waals surface area (Å²) < 4.78 is 22.0. The third-order valence-corrected chi connectivity index (χ3v) is 5.69. The minimum Gasteiger partial charge on any atom is -0.506 e.